The van der Waals surface area contributed by atoms with Gasteiger partial charge in [0, 0.05) is 9.75 Å². The predicted octanol–water partition coefficient (Wildman–Crippen LogP) is 3.65. The van der Waals surface area contributed by atoms with Gasteiger partial charge in [-0.25, -0.2) is 5.43 Å². The number of rotatable bonds is 6. The number of aryl methyl sites for hydroxylation is 1. The first-order valence-corrected chi connectivity index (χ1v) is 7.77. The zero-order valence-corrected chi connectivity index (χ0v) is 13.0. The van der Waals surface area contributed by atoms with Crippen molar-refractivity contribution in [2.24, 2.45) is 5.84 Å². The van der Waals surface area contributed by atoms with Gasteiger partial charge < -0.3 is 4.74 Å². The Morgan fingerprint density at radius 2 is 1.85 bits per heavy atom. The van der Waals surface area contributed by atoms with Gasteiger partial charge in [-0.05, 0) is 50.1 Å². The Bertz CT molecular complexity index is 534. The van der Waals surface area contributed by atoms with Crippen LogP contribution in [0.3, 0.4) is 0 Å². The average molecular weight is 290 g/mol. The second-order valence-corrected chi connectivity index (χ2v) is 6.19. The quantitative estimate of drug-likeness (QED) is 0.630. The van der Waals surface area contributed by atoms with Crippen LogP contribution in [0.25, 0.3) is 0 Å². The lowest BCUT2D eigenvalue weighted by atomic mass is 10.1. The van der Waals surface area contributed by atoms with Crippen LogP contribution in [-0.2, 0) is 6.42 Å². The molecule has 4 heteroatoms. The van der Waals surface area contributed by atoms with Gasteiger partial charge in [-0.1, -0.05) is 19.1 Å². The minimum absolute atomic E-state index is 0.0356. The van der Waals surface area contributed by atoms with Crippen LogP contribution in [0.4, 0.5) is 0 Å². The number of ether oxygens (including phenoxy) is 1. The van der Waals surface area contributed by atoms with E-state index in [9.17, 15) is 0 Å². The molecule has 0 bridgehead atoms. The van der Waals surface area contributed by atoms with Crippen LogP contribution in [-0.4, -0.2) is 6.10 Å². The number of nitrogens with two attached hydrogens (primary N) is 1. The monoisotopic (exact) mass is 290 g/mol. The van der Waals surface area contributed by atoms with Crippen molar-refractivity contribution in [2.75, 3.05) is 0 Å². The van der Waals surface area contributed by atoms with Crippen molar-refractivity contribution in [1.82, 2.24) is 5.43 Å². The lowest BCUT2D eigenvalue weighted by Crippen LogP contribution is -2.28. The maximum Gasteiger partial charge on any atom is 0.119 e. The molecule has 0 aliphatic carbocycles. The predicted molar refractivity (Wildman–Crippen MR) is 85.1 cm³/mol. The molecule has 0 spiro atoms. The molecule has 3 N–H and O–H groups in total. The molecule has 3 nitrogen and oxygen atoms in total. The van der Waals surface area contributed by atoms with Gasteiger partial charge in [0.2, 0.25) is 0 Å². The molecule has 1 unspecified atom stereocenters. The van der Waals surface area contributed by atoms with Crippen molar-refractivity contribution in [1.29, 1.82) is 0 Å². The average Bonchev–Trinajstić information content (AvgIpc) is 2.90. The summed E-state index contributed by atoms with van der Waals surface area (Å²) in [5.41, 5.74) is 4.05. The van der Waals surface area contributed by atoms with Crippen molar-refractivity contribution in [3.63, 3.8) is 0 Å². The smallest absolute Gasteiger partial charge is 0.119 e. The topological polar surface area (TPSA) is 47.3 Å². The highest BCUT2D eigenvalue weighted by Crippen LogP contribution is 2.29. The van der Waals surface area contributed by atoms with Gasteiger partial charge in [0.15, 0.2) is 0 Å². The van der Waals surface area contributed by atoms with Crippen LogP contribution < -0.4 is 16.0 Å². The lowest BCUT2D eigenvalue weighted by Gasteiger charge is -2.16. The summed E-state index contributed by atoms with van der Waals surface area (Å²) in [7, 11) is 0. The molecule has 0 radical (unpaired) electrons. The summed E-state index contributed by atoms with van der Waals surface area (Å²) >= 11 is 1.80. The third kappa shape index (κ3) is 3.60. The molecule has 0 saturated carbocycles. The fraction of sp³-hybridized carbons (Fsp3) is 0.375. The van der Waals surface area contributed by atoms with E-state index in [-0.39, 0.29) is 12.1 Å². The van der Waals surface area contributed by atoms with Crippen molar-refractivity contribution >= 4 is 11.3 Å². The Balaban J connectivity index is 2.18. The van der Waals surface area contributed by atoms with Gasteiger partial charge in [-0.15, -0.1) is 11.3 Å². The maximum atomic E-state index is 5.73. The molecule has 0 saturated heterocycles. The summed E-state index contributed by atoms with van der Waals surface area (Å²) in [4.78, 5) is 2.61. The van der Waals surface area contributed by atoms with E-state index in [1.807, 2.05) is 26.0 Å². The molecule has 2 aromatic rings. The van der Waals surface area contributed by atoms with Gasteiger partial charge >= 0.3 is 0 Å². The lowest BCUT2D eigenvalue weighted by molar-refractivity contribution is 0.242. The van der Waals surface area contributed by atoms with E-state index in [1.165, 1.54) is 9.75 Å². The first-order chi connectivity index (χ1) is 9.63. The molecule has 1 heterocycles. The van der Waals surface area contributed by atoms with E-state index >= 15 is 0 Å². The van der Waals surface area contributed by atoms with Gasteiger partial charge in [0.05, 0.1) is 12.1 Å². The SMILES string of the molecule is CCc1ccc(C(NN)c2ccc(OC(C)C)cc2)s1. The number of benzene rings is 1. The van der Waals surface area contributed by atoms with E-state index in [0.29, 0.717) is 0 Å². The molecule has 0 fully saturated rings. The number of nitrogens with one attached hydrogen (secondary N) is 1. The van der Waals surface area contributed by atoms with Crippen LogP contribution in [0, 0.1) is 0 Å². The van der Waals surface area contributed by atoms with E-state index < -0.39 is 0 Å². The summed E-state index contributed by atoms with van der Waals surface area (Å²) in [5, 5.41) is 0. The fourth-order valence-corrected chi connectivity index (χ4v) is 3.13. The van der Waals surface area contributed by atoms with E-state index in [2.05, 4.69) is 36.6 Å². The molecule has 0 aliphatic rings. The maximum absolute atomic E-state index is 5.73. The van der Waals surface area contributed by atoms with Crippen molar-refractivity contribution in [2.45, 2.75) is 39.3 Å². The Kier molecular flexibility index (Phi) is 5.17. The molecule has 1 aromatic heterocycles. The molecular formula is C16H22N2OS. The molecule has 0 amide bonds. The van der Waals surface area contributed by atoms with Gasteiger partial charge in [0.1, 0.15) is 5.75 Å². The van der Waals surface area contributed by atoms with Crippen LogP contribution >= 0.6 is 11.3 Å². The Morgan fingerprint density at radius 1 is 1.15 bits per heavy atom. The normalized spacial score (nSPS) is 12.7. The fourth-order valence-electron chi connectivity index (χ4n) is 2.09. The van der Waals surface area contributed by atoms with E-state index in [4.69, 9.17) is 10.6 Å². The molecule has 1 atom stereocenters. The third-order valence-corrected chi connectivity index (χ3v) is 4.36. The zero-order valence-electron chi connectivity index (χ0n) is 12.2. The van der Waals surface area contributed by atoms with Crippen molar-refractivity contribution < 1.29 is 4.74 Å². The molecule has 20 heavy (non-hydrogen) atoms. The van der Waals surface area contributed by atoms with Gasteiger partial charge in [-0.2, -0.15) is 0 Å². The summed E-state index contributed by atoms with van der Waals surface area (Å²) in [6.45, 7) is 6.21. The largest absolute Gasteiger partial charge is 0.491 e. The van der Waals surface area contributed by atoms with Gasteiger partial charge in [-0.3, -0.25) is 5.84 Å². The number of hydrogen-bond acceptors (Lipinski definition) is 4. The molecule has 0 aliphatic heterocycles. The highest BCUT2D eigenvalue weighted by Gasteiger charge is 2.14. The minimum atomic E-state index is 0.0356. The minimum Gasteiger partial charge on any atom is -0.491 e. The summed E-state index contributed by atoms with van der Waals surface area (Å²) in [6, 6.07) is 12.5. The Labute approximate surface area is 124 Å². The first-order valence-electron chi connectivity index (χ1n) is 6.95. The first kappa shape index (κ1) is 15.0. The molecule has 108 valence electrons. The molecule has 1 aromatic carbocycles. The second-order valence-electron chi connectivity index (χ2n) is 4.99. The van der Waals surface area contributed by atoms with Gasteiger partial charge in [0.25, 0.3) is 0 Å². The standard InChI is InChI=1S/C16H22N2OS/c1-4-14-9-10-15(20-14)16(18-17)12-5-7-13(8-6-12)19-11(2)3/h5-11,16,18H,4,17H2,1-3H3. The number of thiophene rings is 1. The van der Waals surface area contributed by atoms with Crippen LogP contribution in [0.2, 0.25) is 0 Å². The highest BCUT2D eigenvalue weighted by atomic mass is 32.1. The number of hydrazine groups is 1. The molecule has 2 rings (SSSR count). The summed E-state index contributed by atoms with van der Waals surface area (Å²) < 4.78 is 5.66. The van der Waals surface area contributed by atoms with E-state index in [1.54, 1.807) is 11.3 Å². The number of hydrogen-bond donors (Lipinski definition) is 2. The van der Waals surface area contributed by atoms with E-state index in [0.717, 1.165) is 17.7 Å². The Morgan fingerprint density at radius 3 is 2.35 bits per heavy atom. The van der Waals surface area contributed by atoms with Crippen LogP contribution in [0.1, 0.15) is 42.1 Å². The van der Waals surface area contributed by atoms with Crippen molar-refractivity contribution in [3.8, 4) is 5.75 Å². The molecular weight excluding hydrogens is 268 g/mol. The second kappa shape index (κ2) is 6.88. The van der Waals surface area contributed by atoms with Crippen molar-refractivity contribution in [3.05, 3.63) is 51.7 Å². The highest BCUT2D eigenvalue weighted by molar-refractivity contribution is 7.12. The zero-order chi connectivity index (χ0) is 14.5. The summed E-state index contributed by atoms with van der Waals surface area (Å²) in [6.07, 6.45) is 1.25. The van der Waals surface area contributed by atoms with Crippen LogP contribution in [0.15, 0.2) is 36.4 Å². The summed E-state index contributed by atoms with van der Waals surface area (Å²) in [5.74, 6) is 6.62. The van der Waals surface area contributed by atoms with Crippen LogP contribution in [0.5, 0.6) is 5.75 Å². The Hall–Kier alpha value is -1.36. The third-order valence-electron chi connectivity index (χ3n) is 3.07.